The third-order valence-corrected chi connectivity index (χ3v) is 4.70. The number of ether oxygens (including phenoxy) is 2. The number of methoxy groups -OCH3 is 1. The number of pyridine rings is 1. The van der Waals surface area contributed by atoms with E-state index in [1.807, 2.05) is 0 Å². The number of aromatic nitrogens is 3. The molecule has 0 radical (unpaired) electrons. The van der Waals surface area contributed by atoms with Crippen molar-refractivity contribution in [2.45, 2.75) is 12.9 Å². The van der Waals surface area contributed by atoms with Gasteiger partial charge in [-0.25, -0.2) is 4.79 Å². The number of nitrogens with zero attached hydrogens (tertiary/aromatic N) is 3. The lowest BCUT2D eigenvalue weighted by molar-refractivity contribution is -0.274. The Labute approximate surface area is 190 Å². The van der Waals surface area contributed by atoms with Gasteiger partial charge in [0.25, 0.3) is 11.4 Å². The lowest BCUT2D eigenvalue weighted by Crippen LogP contribution is -2.19. The highest BCUT2D eigenvalue weighted by Crippen LogP contribution is 2.26. The Balaban J connectivity index is 1.56. The number of hydrogen-bond donors (Lipinski definition) is 0. The molecule has 0 fully saturated rings. The summed E-state index contributed by atoms with van der Waals surface area (Å²) in [6, 6.07) is 14.6. The Hall–Kier alpha value is -4.41. The Bertz CT molecular complexity index is 1380. The second-order valence-electron chi connectivity index (χ2n) is 7.07. The van der Waals surface area contributed by atoms with Gasteiger partial charge < -0.3 is 18.6 Å². The first-order valence-corrected chi connectivity index (χ1v) is 9.80. The molecule has 2 heterocycles. The van der Waals surface area contributed by atoms with Gasteiger partial charge in [-0.15, -0.1) is 13.2 Å². The van der Waals surface area contributed by atoms with Crippen LogP contribution >= 0.6 is 0 Å². The van der Waals surface area contributed by atoms with E-state index in [1.54, 1.807) is 24.3 Å². The molecule has 8 nitrogen and oxygen atoms in total. The largest absolute Gasteiger partial charge is 0.573 e. The van der Waals surface area contributed by atoms with Crippen molar-refractivity contribution in [1.29, 1.82) is 0 Å². The molecule has 34 heavy (non-hydrogen) atoms. The van der Waals surface area contributed by atoms with Crippen LogP contribution in [0.15, 0.2) is 76.2 Å². The third-order valence-electron chi connectivity index (χ3n) is 4.70. The molecule has 0 aliphatic carbocycles. The highest BCUT2D eigenvalue weighted by atomic mass is 19.4. The Morgan fingerprint density at radius 3 is 2.50 bits per heavy atom. The Kier molecular flexibility index (Phi) is 6.17. The molecule has 0 saturated heterocycles. The van der Waals surface area contributed by atoms with Gasteiger partial charge in [-0.1, -0.05) is 17.3 Å². The van der Waals surface area contributed by atoms with Gasteiger partial charge in [-0.2, -0.15) is 4.98 Å². The van der Waals surface area contributed by atoms with Gasteiger partial charge in [0.05, 0.1) is 24.8 Å². The summed E-state index contributed by atoms with van der Waals surface area (Å²) in [6.45, 7) is 0.180. The van der Waals surface area contributed by atoms with Crippen LogP contribution in [0.25, 0.3) is 22.8 Å². The smallest absolute Gasteiger partial charge is 0.465 e. The van der Waals surface area contributed by atoms with Crippen molar-refractivity contribution >= 4 is 5.97 Å². The van der Waals surface area contributed by atoms with Crippen molar-refractivity contribution in [2.24, 2.45) is 0 Å². The molecule has 0 aliphatic rings. The van der Waals surface area contributed by atoms with Gasteiger partial charge in [0.1, 0.15) is 5.75 Å². The first kappa shape index (κ1) is 22.8. The fourth-order valence-electron chi connectivity index (χ4n) is 3.16. The number of halogens is 3. The first-order chi connectivity index (χ1) is 16.2. The van der Waals surface area contributed by atoms with E-state index in [9.17, 15) is 22.8 Å². The second kappa shape index (κ2) is 9.22. The fourth-order valence-corrected chi connectivity index (χ4v) is 3.16. The summed E-state index contributed by atoms with van der Waals surface area (Å²) in [5.74, 6) is -0.595. The molecule has 0 bridgehead atoms. The van der Waals surface area contributed by atoms with Crippen molar-refractivity contribution in [3.63, 3.8) is 0 Å². The van der Waals surface area contributed by atoms with Crippen LogP contribution in [-0.2, 0) is 11.3 Å². The number of esters is 1. The minimum Gasteiger partial charge on any atom is -0.465 e. The normalized spacial score (nSPS) is 11.3. The molecule has 0 atom stereocenters. The molecule has 0 saturated carbocycles. The third kappa shape index (κ3) is 5.31. The maximum atomic E-state index is 12.4. The van der Waals surface area contributed by atoms with E-state index in [0.29, 0.717) is 22.3 Å². The second-order valence-corrected chi connectivity index (χ2v) is 7.07. The summed E-state index contributed by atoms with van der Waals surface area (Å²) in [5, 5.41) is 3.86. The van der Waals surface area contributed by atoms with Crippen LogP contribution in [-0.4, -0.2) is 34.1 Å². The maximum absolute atomic E-state index is 12.4. The van der Waals surface area contributed by atoms with Crippen LogP contribution in [0, 0.1) is 0 Å². The first-order valence-electron chi connectivity index (χ1n) is 9.80. The molecule has 0 amide bonds. The van der Waals surface area contributed by atoms with Crippen molar-refractivity contribution in [1.82, 2.24) is 14.7 Å². The predicted octanol–water partition coefficient (Wildman–Crippen LogP) is 4.30. The van der Waals surface area contributed by atoms with E-state index >= 15 is 0 Å². The van der Waals surface area contributed by atoms with Crippen molar-refractivity contribution in [2.75, 3.05) is 7.11 Å². The lowest BCUT2D eigenvalue weighted by Gasteiger charge is -2.08. The molecular weight excluding hydrogens is 455 g/mol. The van der Waals surface area contributed by atoms with E-state index < -0.39 is 12.3 Å². The summed E-state index contributed by atoms with van der Waals surface area (Å²) in [6.07, 6.45) is -3.25. The highest BCUT2D eigenvalue weighted by molar-refractivity contribution is 5.89. The van der Waals surface area contributed by atoms with Crippen LogP contribution in [0.3, 0.4) is 0 Å². The quantitative estimate of drug-likeness (QED) is 0.387. The minimum atomic E-state index is -4.79. The van der Waals surface area contributed by atoms with Crippen molar-refractivity contribution in [3.05, 3.63) is 88.3 Å². The SMILES string of the molecule is COC(=O)c1cccc(Cn2cc(-c3nc(-c4ccc(OC(F)(F)F)cc4)no3)ccc2=O)c1. The number of alkyl halides is 3. The number of carbonyl (C=O) groups excluding carboxylic acids is 1. The van der Waals surface area contributed by atoms with E-state index in [0.717, 1.165) is 12.1 Å². The van der Waals surface area contributed by atoms with Gasteiger partial charge in [0.2, 0.25) is 5.82 Å². The van der Waals surface area contributed by atoms with Crippen LogP contribution in [0.4, 0.5) is 13.2 Å². The van der Waals surface area contributed by atoms with E-state index in [4.69, 9.17) is 9.26 Å². The van der Waals surface area contributed by atoms with Gasteiger partial charge in [0, 0.05) is 17.8 Å². The molecular formula is C23H16F3N3O5. The van der Waals surface area contributed by atoms with Gasteiger partial charge in [0.15, 0.2) is 0 Å². The summed E-state index contributed by atoms with van der Waals surface area (Å²) < 4.78 is 52.2. The average molecular weight is 471 g/mol. The van der Waals surface area contributed by atoms with Gasteiger partial charge in [-0.3, -0.25) is 4.79 Å². The monoisotopic (exact) mass is 471 g/mol. The maximum Gasteiger partial charge on any atom is 0.573 e. The van der Waals surface area contributed by atoms with E-state index in [-0.39, 0.29) is 29.6 Å². The molecule has 4 rings (SSSR count). The van der Waals surface area contributed by atoms with Crippen molar-refractivity contribution < 1.29 is 32.0 Å². The summed E-state index contributed by atoms with van der Waals surface area (Å²) in [4.78, 5) is 28.4. The number of benzene rings is 2. The van der Waals surface area contributed by atoms with Crippen LogP contribution in [0.2, 0.25) is 0 Å². The Morgan fingerprint density at radius 2 is 1.79 bits per heavy atom. The van der Waals surface area contributed by atoms with Gasteiger partial charge >= 0.3 is 12.3 Å². The van der Waals surface area contributed by atoms with Crippen LogP contribution < -0.4 is 10.3 Å². The van der Waals surface area contributed by atoms with Gasteiger partial charge in [-0.05, 0) is 48.0 Å². The minimum absolute atomic E-state index is 0.114. The molecule has 0 spiro atoms. The standard InChI is InChI=1S/C23H16F3N3O5/c1-32-22(31)16-4-2-3-14(11-16)12-29-13-17(7-10-19(29)30)21-27-20(28-34-21)15-5-8-18(9-6-15)33-23(24,25)26/h2-11,13H,12H2,1H3. The molecule has 11 heteroatoms. The fraction of sp³-hybridized carbons (Fsp3) is 0.130. The van der Waals surface area contributed by atoms with E-state index in [1.165, 1.54) is 42.1 Å². The summed E-state index contributed by atoms with van der Waals surface area (Å²) >= 11 is 0. The number of carbonyl (C=O) groups is 1. The molecule has 0 N–H and O–H groups in total. The zero-order valence-electron chi connectivity index (χ0n) is 17.6. The predicted molar refractivity (Wildman–Crippen MR) is 113 cm³/mol. The molecule has 0 aliphatic heterocycles. The molecule has 2 aromatic heterocycles. The summed E-state index contributed by atoms with van der Waals surface area (Å²) in [5.41, 5.74) is 1.65. The molecule has 174 valence electrons. The topological polar surface area (TPSA) is 96.5 Å². The number of rotatable bonds is 6. The average Bonchev–Trinajstić information content (AvgIpc) is 3.30. The van der Waals surface area contributed by atoms with Crippen LogP contribution in [0.5, 0.6) is 5.75 Å². The Morgan fingerprint density at radius 1 is 1.06 bits per heavy atom. The lowest BCUT2D eigenvalue weighted by atomic mass is 10.1. The zero-order valence-corrected chi connectivity index (χ0v) is 17.6. The van der Waals surface area contributed by atoms with Crippen LogP contribution in [0.1, 0.15) is 15.9 Å². The number of hydrogen-bond acceptors (Lipinski definition) is 7. The molecule has 2 aromatic carbocycles. The van der Waals surface area contributed by atoms with Crippen molar-refractivity contribution in [3.8, 4) is 28.6 Å². The van der Waals surface area contributed by atoms with E-state index in [2.05, 4.69) is 14.9 Å². The summed E-state index contributed by atoms with van der Waals surface area (Å²) in [7, 11) is 1.28. The zero-order chi connectivity index (χ0) is 24.3. The highest BCUT2D eigenvalue weighted by Gasteiger charge is 2.31. The molecule has 4 aromatic rings. The molecule has 0 unspecified atom stereocenters.